The number of aromatic nitrogens is 1. The van der Waals surface area contributed by atoms with Gasteiger partial charge in [-0.3, -0.25) is 4.18 Å². The Bertz CT molecular complexity index is 1130. The van der Waals surface area contributed by atoms with Crippen LogP contribution in [0.3, 0.4) is 0 Å². The van der Waals surface area contributed by atoms with Crippen molar-refractivity contribution in [2.45, 2.75) is 64.4 Å². The maximum absolute atomic E-state index is 12.2. The molecule has 2 aromatic rings. The highest BCUT2D eigenvalue weighted by atomic mass is 32.2. The second-order valence-corrected chi connectivity index (χ2v) is 10.6. The van der Waals surface area contributed by atoms with Crippen molar-refractivity contribution in [1.82, 2.24) is 4.98 Å². The van der Waals surface area contributed by atoms with Crippen LogP contribution in [0.2, 0.25) is 0 Å². The van der Waals surface area contributed by atoms with E-state index in [1.165, 1.54) is 18.3 Å². The SMILES string of the molecule is CCO[SH](=O)=Nc1cc(N(C(C)CC)C(C)CC)ccc1N=Nc1ccc(S(C)(=O)=O)cn1. The van der Waals surface area contributed by atoms with Crippen LogP contribution in [0.15, 0.2) is 56.0 Å². The number of pyridine rings is 1. The van der Waals surface area contributed by atoms with E-state index in [-0.39, 0.29) is 17.3 Å². The second kappa shape index (κ2) is 12.2. The first-order valence-corrected chi connectivity index (χ1v) is 13.9. The van der Waals surface area contributed by atoms with Crippen molar-refractivity contribution >= 4 is 43.6 Å². The van der Waals surface area contributed by atoms with Crippen LogP contribution in [-0.4, -0.2) is 42.6 Å². The summed E-state index contributed by atoms with van der Waals surface area (Å²) in [4.78, 5) is 6.45. The minimum absolute atomic E-state index is 0.102. The first-order chi connectivity index (χ1) is 15.6. The highest BCUT2D eigenvalue weighted by Gasteiger charge is 2.19. The van der Waals surface area contributed by atoms with E-state index in [0.717, 1.165) is 24.8 Å². The Morgan fingerprint density at radius 3 is 2.21 bits per heavy atom. The first kappa shape index (κ1) is 26.9. The molecule has 33 heavy (non-hydrogen) atoms. The van der Waals surface area contributed by atoms with Crippen molar-refractivity contribution in [2.75, 3.05) is 17.8 Å². The van der Waals surface area contributed by atoms with E-state index in [2.05, 4.69) is 52.2 Å². The standard InChI is InChI=1S/C22H33N5O4S2/c1-7-16(4)27(17(5)8-2)18-10-12-20(21(14-18)26-32(28)31-9-3)24-25-22-13-11-19(15-23-22)33(6,29)30/h10-17,32H,7-9H2,1-6H3. The minimum Gasteiger partial charge on any atom is -0.366 e. The molecule has 1 aromatic heterocycles. The lowest BCUT2D eigenvalue weighted by molar-refractivity contribution is 0.378. The van der Waals surface area contributed by atoms with Gasteiger partial charge in [0.05, 0.1) is 11.5 Å². The summed E-state index contributed by atoms with van der Waals surface area (Å²) in [5, 5.41) is 8.33. The van der Waals surface area contributed by atoms with Gasteiger partial charge in [0.15, 0.2) is 26.5 Å². The maximum Gasteiger partial charge on any atom is 0.177 e. The van der Waals surface area contributed by atoms with Gasteiger partial charge in [-0.15, -0.1) is 10.2 Å². The van der Waals surface area contributed by atoms with E-state index in [4.69, 9.17) is 4.18 Å². The summed E-state index contributed by atoms with van der Waals surface area (Å²) in [6, 6.07) is 9.07. The van der Waals surface area contributed by atoms with Crippen LogP contribution in [0.5, 0.6) is 0 Å². The summed E-state index contributed by atoms with van der Waals surface area (Å²) in [5.41, 5.74) is 1.76. The van der Waals surface area contributed by atoms with Gasteiger partial charge >= 0.3 is 0 Å². The number of rotatable bonds is 11. The molecule has 1 aromatic carbocycles. The third kappa shape index (κ3) is 7.58. The predicted molar refractivity (Wildman–Crippen MR) is 133 cm³/mol. The minimum atomic E-state index is -3.34. The number of sulfone groups is 1. The van der Waals surface area contributed by atoms with Gasteiger partial charge in [0.2, 0.25) is 0 Å². The van der Waals surface area contributed by atoms with Crippen LogP contribution in [-0.2, 0) is 24.9 Å². The van der Waals surface area contributed by atoms with E-state index in [0.29, 0.717) is 23.5 Å². The summed E-state index contributed by atoms with van der Waals surface area (Å²) in [7, 11) is -5.60. The number of benzene rings is 1. The van der Waals surface area contributed by atoms with Gasteiger partial charge in [0.25, 0.3) is 0 Å². The molecule has 0 saturated carbocycles. The molecule has 2 rings (SSSR count). The molecule has 0 aliphatic rings. The van der Waals surface area contributed by atoms with Crippen LogP contribution in [0, 0.1) is 0 Å². The van der Waals surface area contributed by atoms with Crippen LogP contribution in [0.25, 0.3) is 0 Å². The lowest BCUT2D eigenvalue weighted by atomic mass is 10.1. The average molecular weight is 496 g/mol. The van der Waals surface area contributed by atoms with E-state index in [1.54, 1.807) is 13.0 Å². The van der Waals surface area contributed by atoms with Gasteiger partial charge in [0.1, 0.15) is 11.4 Å². The topological polar surface area (TPSA) is 114 Å². The molecule has 0 aliphatic carbocycles. The van der Waals surface area contributed by atoms with Crippen molar-refractivity contribution in [1.29, 1.82) is 0 Å². The quantitative estimate of drug-likeness (QED) is 0.323. The number of hydrogen-bond donors (Lipinski definition) is 1. The molecule has 3 atom stereocenters. The van der Waals surface area contributed by atoms with E-state index in [9.17, 15) is 12.6 Å². The monoisotopic (exact) mass is 495 g/mol. The molecule has 11 heteroatoms. The predicted octanol–water partition coefficient (Wildman–Crippen LogP) is 5.55. The summed E-state index contributed by atoms with van der Waals surface area (Å²) >= 11 is 0. The Hall–Kier alpha value is -2.37. The van der Waals surface area contributed by atoms with Crippen LogP contribution >= 0.6 is 0 Å². The molecule has 9 nitrogen and oxygen atoms in total. The number of nitrogens with zero attached hydrogens (tertiary/aromatic N) is 5. The van der Waals surface area contributed by atoms with Gasteiger partial charge < -0.3 is 4.90 Å². The zero-order valence-corrected chi connectivity index (χ0v) is 21.7. The fraction of sp³-hybridized carbons (Fsp3) is 0.500. The number of anilines is 1. The Balaban J connectivity index is 2.49. The zero-order chi connectivity index (χ0) is 24.6. The number of azo groups is 1. The van der Waals surface area contributed by atoms with Crippen LogP contribution in [0.1, 0.15) is 47.5 Å². The second-order valence-electron chi connectivity index (χ2n) is 7.67. The highest BCUT2D eigenvalue weighted by Crippen LogP contribution is 2.35. The van der Waals surface area contributed by atoms with Crippen molar-refractivity contribution < 1.29 is 16.8 Å². The molecule has 1 heterocycles. The summed E-state index contributed by atoms with van der Waals surface area (Å²) < 4.78 is 44.8. The molecule has 0 radical (unpaired) electrons. The van der Waals surface area contributed by atoms with Crippen LogP contribution in [0.4, 0.5) is 22.9 Å². The summed E-state index contributed by atoms with van der Waals surface area (Å²) in [6.45, 7) is 10.6. The highest BCUT2D eigenvalue weighted by molar-refractivity contribution is 7.90. The summed E-state index contributed by atoms with van der Waals surface area (Å²) in [6.07, 6.45) is 4.30. The van der Waals surface area contributed by atoms with E-state index >= 15 is 0 Å². The summed E-state index contributed by atoms with van der Waals surface area (Å²) in [5.74, 6) is 0.243. The molecule has 0 amide bonds. The Morgan fingerprint density at radius 2 is 1.70 bits per heavy atom. The smallest absolute Gasteiger partial charge is 0.177 e. The molecule has 0 N–H and O–H groups in total. The lowest BCUT2D eigenvalue weighted by Gasteiger charge is -2.36. The fourth-order valence-electron chi connectivity index (χ4n) is 3.16. The Labute approximate surface area is 198 Å². The average Bonchev–Trinajstić information content (AvgIpc) is 2.78. The number of thiol groups is 1. The molecule has 0 fully saturated rings. The fourth-order valence-corrected chi connectivity index (χ4v) is 4.33. The molecule has 3 unspecified atom stereocenters. The van der Waals surface area contributed by atoms with Gasteiger partial charge in [-0.1, -0.05) is 13.8 Å². The van der Waals surface area contributed by atoms with Gasteiger partial charge in [-0.05, 0) is 63.9 Å². The molecule has 0 spiro atoms. The van der Waals surface area contributed by atoms with Crippen molar-refractivity contribution in [3.05, 3.63) is 36.5 Å². The first-order valence-electron chi connectivity index (χ1n) is 10.9. The molecular weight excluding hydrogens is 462 g/mol. The van der Waals surface area contributed by atoms with Crippen molar-refractivity contribution in [2.24, 2.45) is 14.6 Å². The normalized spacial score (nSPS) is 15.0. The lowest BCUT2D eigenvalue weighted by Crippen LogP contribution is -2.39. The molecule has 0 saturated heterocycles. The van der Waals surface area contributed by atoms with Crippen molar-refractivity contribution in [3.8, 4) is 0 Å². The van der Waals surface area contributed by atoms with E-state index in [1.807, 2.05) is 12.1 Å². The molecule has 182 valence electrons. The maximum atomic E-state index is 12.2. The van der Waals surface area contributed by atoms with Gasteiger partial charge in [-0.2, -0.15) is 4.36 Å². The molecular formula is C22H33N5O4S2. The van der Waals surface area contributed by atoms with Gasteiger partial charge in [-0.25, -0.2) is 17.6 Å². The Morgan fingerprint density at radius 1 is 1.03 bits per heavy atom. The number of hydrogen-bond acceptors (Lipinski definition) is 9. The van der Waals surface area contributed by atoms with Crippen LogP contribution < -0.4 is 4.90 Å². The molecule has 0 aliphatic heterocycles. The largest absolute Gasteiger partial charge is 0.366 e. The third-order valence-electron chi connectivity index (χ3n) is 5.23. The zero-order valence-electron chi connectivity index (χ0n) is 20.0. The Kier molecular flexibility index (Phi) is 9.93. The molecule has 0 bridgehead atoms. The van der Waals surface area contributed by atoms with Gasteiger partial charge in [0, 0.05) is 30.2 Å². The third-order valence-corrected chi connectivity index (χ3v) is 7.18. The van der Waals surface area contributed by atoms with E-state index < -0.39 is 20.7 Å². The van der Waals surface area contributed by atoms with Crippen molar-refractivity contribution in [3.63, 3.8) is 0 Å².